The summed E-state index contributed by atoms with van der Waals surface area (Å²) < 4.78 is 0. The van der Waals surface area contributed by atoms with E-state index in [9.17, 15) is 4.79 Å². The first-order valence-electron chi connectivity index (χ1n) is 7.49. The summed E-state index contributed by atoms with van der Waals surface area (Å²) in [5.41, 5.74) is 7.23. The Morgan fingerprint density at radius 2 is 2.00 bits per heavy atom. The van der Waals surface area contributed by atoms with Crippen LogP contribution in [0.1, 0.15) is 32.3 Å². The quantitative estimate of drug-likeness (QED) is 0.798. The van der Waals surface area contributed by atoms with Gasteiger partial charge in [-0.2, -0.15) is 5.26 Å². The highest BCUT2D eigenvalue weighted by Crippen LogP contribution is 2.08. The minimum Gasteiger partial charge on any atom is -0.340 e. The zero-order chi connectivity index (χ0) is 15.7. The van der Waals surface area contributed by atoms with Gasteiger partial charge in [0.15, 0.2) is 0 Å². The second kappa shape index (κ2) is 9.15. The Labute approximate surface area is 127 Å². The minimum absolute atomic E-state index is 0.0464. The highest BCUT2D eigenvalue weighted by Gasteiger charge is 2.21. The van der Waals surface area contributed by atoms with Gasteiger partial charge in [0.2, 0.25) is 5.91 Å². The summed E-state index contributed by atoms with van der Waals surface area (Å²) in [5.74, 6) is 0.323. The van der Waals surface area contributed by atoms with Gasteiger partial charge in [0, 0.05) is 13.1 Å². The van der Waals surface area contributed by atoms with Gasteiger partial charge in [0.05, 0.1) is 18.5 Å². The lowest BCUT2D eigenvalue weighted by atomic mass is 10.0. The van der Waals surface area contributed by atoms with E-state index in [2.05, 4.69) is 19.9 Å². The highest BCUT2D eigenvalue weighted by atomic mass is 16.2. The number of nitrogens with zero attached hydrogens (tertiary/aromatic N) is 2. The summed E-state index contributed by atoms with van der Waals surface area (Å²) >= 11 is 0. The number of nitrogens with two attached hydrogens (primary N) is 1. The first kappa shape index (κ1) is 17.2. The summed E-state index contributed by atoms with van der Waals surface area (Å²) in [5, 5.41) is 8.70. The van der Waals surface area contributed by atoms with Gasteiger partial charge in [-0.3, -0.25) is 4.79 Å². The molecule has 4 heteroatoms. The van der Waals surface area contributed by atoms with E-state index in [-0.39, 0.29) is 5.91 Å². The molecule has 1 unspecified atom stereocenters. The lowest BCUT2D eigenvalue weighted by Crippen LogP contribution is -2.45. The maximum Gasteiger partial charge on any atom is 0.239 e. The third-order valence-corrected chi connectivity index (χ3v) is 3.29. The Balaban J connectivity index is 2.54. The monoisotopic (exact) mass is 287 g/mol. The van der Waals surface area contributed by atoms with Crippen molar-refractivity contribution in [1.29, 1.82) is 5.26 Å². The fourth-order valence-electron chi connectivity index (χ4n) is 2.24. The summed E-state index contributed by atoms with van der Waals surface area (Å²) in [6.07, 6.45) is 1.77. The van der Waals surface area contributed by atoms with Gasteiger partial charge in [-0.1, -0.05) is 44.2 Å². The van der Waals surface area contributed by atoms with Crippen LogP contribution in [0, 0.1) is 17.2 Å². The molecule has 0 aromatic heterocycles. The molecule has 0 aliphatic carbocycles. The van der Waals surface area contributed by atoms with Gasteiger partial charge in [-0.05, 0) is 24.3 Å². The third kappa shape index (κ3) is 6.42. The molecule has 0 bridgehead atoms. The molecule has 1 atom stereocenters. The average molecular weight is 287 g/mol. The van der Waals surface area contributed by atoms with Gasteiger partial charge in [0.1, 0.15) is 0 Å². The fourth-order valence-corrected chi connectivity index (χ4v) is 2.24. The minimum atomic E-state index is -0.498. The van der Waals surface area contributed by atoms with Crippen LogP contribution in [0.4, 0.5) is 0 Å². The van der Waals surface area contributed by atoms with E-state index >= 15 is 0 Å². The van der Waals surface area contributed by atoms with Crippen molar-refractivity contribution < 1.29 is 4.79 Å². The number of carbonyl (C=O) groups excluding carboxylic acids is 1. The molecule has 1 rings (SSSR count). The molecule has 1 aromatic rings. The molecule has 0 saturated carbocycles. The number of aryl methyl sites for hydroxylation is 1. The molecule has 0 spiro atoms. The van der Waals surface area contributed by atoms with E-state index in [1.54, 1.807) is 4.90 Å². The SMILES string of the molecule is CC(C)CN(CCC#N)C(=O)C(N)CCc1ccccc1. The molecule has 1 amide bonds. The molecule has 0 heterocycles. The standard InChI is InChI=1S/C17H25N3O/c1-14(2)13-20(12-6-11-18)17(21)16(19)10-9-15-7-4-3-5-8-15/h3-5,7-8,14,16H,6,9-10,12-13,19H2,1-2H3. The van der Waals surface area contributed by atoms with Crippen molar-refractivity contribution in [2.45, 2.75) is 39.2 Å². The van der Waals surface area contributed by atoms with E-state index in [0.717, 1.165) is 6.42 Å². The highest BCUT2D eigenvalue weighted by molar-refractivity contribution is 5.81. The Morgan fingerprint density at radius 3 is 2.57 bits per heavy atom. The number of amides is 1. The predicted octanol–water partition coefficient (Wildman–Crippen LogP) is 2.34. The van der Waals surface area contributed by atoms with E-state index in [0.29, 0.717) is 31.8 Å². The van der Waals surface area contributed by atoms with Gasteiger partial charge in [-0.25, -0.2) is 0 Å². The largest absolute Gasteiger partial charge is 0.340 e. The van der Waals surface area contributed by atoms with Gasteiger partial charge in [0.25, 0.3) is 0 Å². The number of nitriles is 1. The first-order valence-corrected chi connectivity index (χ1v) is 7.49. The van der Waals surface area contributed by atoms with Crippen molar-refractivity contribution >= 4 is 5.91 Å². The van der Waals surface area contributed by atoms with Crippen molar-refractivity contribution in [2.24, 2.45) is 11.7 Å². The van der Waals surface area contributed by atoms with Crippen molar-refractivity contribution in [3.63, 3.8) is 0 Å². The Bertz CT molecular complexity index is 465. The molecular formula is C17H25N3O. The topological polar surface area (TPSA) is 70.1 Å². The van der Waals surface area contributed by atoms with Crippen molar-refractivity contribution in [3.05, 3.63) is 35.9 Å². The van der Waals surface area contributed by atoms with E-state index in [4.69, 9.17) is 11.0 Å². The average Bonchev–Trinajstić information content (AvgIpc) is 2.49. The lowest BCUT2D eigenvalue weighted by molar-refractivity contribution is -0.133. The van der Waals surface area contributed by atoms with Crippen LogP contribution in [-0.4, -0.2) is 29.9 Å². The van der Waals surface area contributed by atoms with Crippen LogP contribution in [0.5, 0.6) is 0 Å². The third-order valence-electron chi connectivity index (χ3n) is 3.29. The van der Waals surface area contributed by atoms with Gasteiger partial charge in [-0.15, -0.1) is 0 Å². The van der Waals surface area contributed by atoms with Crippen LogP contribution in [0.25, 0.3) is 0 Å². The number of hydrogen-bond acceptors (Lipinski definition) is 3. The fraction of sp³-hybridized carbons (Fsp3) is 0.529. The first-order chi connectivity index (χ1) is 10.0. The van der Waals surface area contributed by atoms with Crippen LogP contribution < -0.4 is 5.73 Å². The van der Waals surface area contributed by atoms with E-state index < -0.39 is 6.04 Å². The van der Waals surface area contributed by atoms with Crippen LogP contribution in [0.15, 0.2) is 30.3 Å². The molecule has 0 saturated heterocycles. The van der Waals surface area contributed by atoms with E-state index in [1.807, 2.05) is 30.3 Å². The number of hydrogen-bond donors (Lipinski definition) is 1. The summed E-state index contributed by atoms with van der Waals surface area (Å²) in [6.45, 7) is 5.23. The molecular weight excluding hydrogens is 262 g/mol. The summed E-state index contributed by atoms with van der Waals surface area (Å²) in [7, 11) is 0. The Hall–Kier alpha value is -1.86. The molecule has 4 nitrogen and oxygen atoms in total. The van der Waals surface area contributed by atoms with Crippen LogP contribution in [0.2, 0.25) is 0 Å². The molecule has 0 aliphatic rings. The van der Waals surface area contributed by atoms with Crippen LogP contribution >= 0.6 is 0 Å². The normalized spacial score (nSPS) is 12.0. The Morgan fingerprint density at radius 1 is 1.33 bits per heavy atom. The second-order valence-electron chi connectivity index (χ2n) is 5.72. The molecule has 0 aliphatic heterocycles. The zero-order valence-electron chi connectivity index (χ0n) is 13.0. The summed E-state index contributed by atoms with van der Waals surface area (Å²) in [4.78, 5) is 14.1. The number of carbonyl (C=O) groups is 1. The molecule has 1 aromatic carbocycles. The number of benzene rings is 1. The van der Waals surface area contributed by atoms with Crippen molar-refractivity contribution in [3.8, 4) is 6.07 Å². The smallest absolute Gasteiger partial charge is 0.239 e. The Kier molecular flexibility index (Phi) is 7.49. The predicted molar refractivity (Wildman–Crippen MR) is 84.4 cm³/mol. The zero-order valence-corrected chi connectivity index (χ0v) is 13.0. The van der Waals surface area contributed by atoms with Crippen LogP contribution in [-0.2, 0) is 11.2 Å². The maximum absolute atomic E-state index is 12.4. The molecule has 114 valence electrons. The molecule has 0 fully saturated rings. The summed E-state index contributed by atoms with van der Waals surface area (Å²) in [6, 6.07) is 11.6. The van der Waals surface area contributed by atoms with E-state index in [1.165, 1.54) is 5.56 Å². The van der Waals surface area contributed by atoms with Gasteiger partial charge >= 0.3 is 0 Å². The number of rotatable bonds is 8. The lowest BCUT2D eigenvalue weighted by Gasteiger charge is -2.26. The second-order valence-corrected chi connectivity index (χ2v) is 5.72. The van der Waals surface area contributed by atoms with Crippen LogP contribution in [0.3, 0.4) is 0 Å². The molecule has 0 radical (unpaired) electrons. The molecule has 2 N–H and O–H groups in total. The van der Waals surface area contributed by atoms with Crippen molar-refractivity contribution in [2.75, 3.05) is 13.1 Å². The molecule has 21 heavy (non-hydrogen) atoms. The van der Waals surface area contributed by atoms with Gasteiger partial charge < -0.3 is 10.6 Å². The van der Waals surface area contributed by atoms with Crippen molar-refractivity contribution in [1.82, 2.24) is 4.90 Å². The maximum atomic E-state index is 12.4.